The molecule has 0 saturated heterocycles. The van der Waals surface area contributed by atoms with Crippen LogP contribution >= 0.6 is 0 Å². The first-order valence-corrected chi connectivity index (χ1v) is 6.75. The third-order valence-corrected chi connectivity index (χ3v) is 3.54. The highest BCUT2D eigenvalue weighted by Gasteiger charge is 2.33. The van der Waals surface area contributed by atoms with E-state index in [0.717, 1.165) is 10.5 Å². The van der Waals surface area contributed by atoms with Gasteiger partial charge in [-0.1, -0.05) is 30.3 Å². The number of esters is 1. The van der Waals surface area contributed by atoms with E-state index in [4.69, 9.17) is 4.74 Å². The first kappa shape index (κ1) is 14.0. The molecule has 2 aromatic carbocycles. The molecule has 0 aromatic heterocycles. The maximum atomic E-state index is 12.1. The van der Waals surface area contributed by atoms with E-state index in [-0.39, 0.29) is 23.6 Å². The molecular weight excluding hydrogens is 282 g/mol. The number of nitrogens with zero attached hydrogens (tertiary/aromatic N) is 1. The Bertz CT molecular complexity index is 767. The lowest BCUT2D eigenvalue weighted by atomic mass is 10.1. The summed E-state index contributed by atoms with van der Waals surface area (Å²) >= 11 is 0. The predicted octanol–water partition coefficient (Wildman–Crippen LogP) is 2.27. The lowest BCUT2D eigenvalue weighted by Crippen LogP contribution is -2.24. The van der Waals surface area contributed by atoms with Crippen LogP contribution in [0.15, 0.2) is 48.5 Å². The molecule has 0 radical (unpaired) electrons. The van der Waals surface area contributed by atoms with Crippen LogP contribution in [0.2, 0.25) is 0 Å². The molecule has 0 N–H and O–H groups in total. The van der Waals surface area contributed by atoms with Crippen molar-refractivity contribution in [2.24, 2.45) is 0 Å². The standard InChI is InChI=1S/C17H13NO4/c1-18-15(19)13-8-7-12(9-14(13)16(18)20)17(21)22-10-11-5-3-2-4-6-11/h2-9H,10H2,1H3. The Labute approximate surface area is 127 Å². The summed E-state index contributed by atoms with van der Waals surface area (Å²) < 4.78 is 5.21. The summed E-state index contributed by atoms with van der Waals surface area (Å²) in [6, 6.07) is 13.7. The van der Waals surface area contributed by atoms with Gasteiger partial charge < -0.3 is 4.74 Å². The second-order valence-electron chi connectivity index (χ2n) is 4.99. The summed E-state index contributed by atoms with van der Waals surface area (Å²) in [7, 11) is 1.41. The van der Waals surface area contributed by atoms with Crippen LogP contribution in [0.4, 0.5) is 0 Å². The minimum atomic E-state index is -0.526. The largest absolute Gasteiger partial charge is 0.457 e. The van der Waals surface area contributed by atoms with Crippen LogP contribution in [0.1, 0.15) is 36.6 Å². The number of hydrogen-bond acceptors (Lipinski definition) is 4. The highest BCUT2D eigenvalue weighted by molar-refractivity contribution is 6.21. The van der Waals surface area contributed by atoms with Gasteiger partial charge in [-0.3, -0.25) is 14.5 Å². The molecule has 0 unspecified atom stereocenters. The van der Waals surface area contributed by atoms with E-state index in [9.17, 15) is 14.4 Å². The van der Waals surface area contributed by atoms with Crippen LogP contribution in [-0.2, 0) is 11.3 Å². The fourth-order valence-electron chi connectivity index (χ4n) is 2.29. The third-order valence-electron chi connectivity index (χ3n) is 3.54. The number of carbonyl (C=O) groups excluding carboxylic acids is 3. The molecule has 0 saturated carbocycles. The molecule has 22 heavy (non-hydrogen) atoms. The van der Waals surface area contributed by atoms with Gasteiger partial charge in [-0.05, 0) is 23.8 Å². The summed E-state index contributed by atoms with van der Waals surface area (Å²) in [6.07, 6.45) is 0. The molecule has 110 valence electrons. The van der Waals surface area contributed by atoms with Gasteiger partial charge in [-0.25, -0.2) is 4.79 Å². The summed E-state index contributed by atoms with van der Waals surface area (Å²) in [6.45, 7) is 0.156. The zero-order valence-electron chi connectivity index (χ0n) is 11.9. The molecular formula is C17H13NO4. The van der Waals surface area contributed by atoms with Crippen molar-refractivity contribution in [3.05, 3.63) is 70.8 Å². The SMILES string of the molecule is CN1C(=O)c2ccc(C(=O)OCc3ccccc3)cc2C1=O. The van der Waals surface area contributed by atoms with Crippen molar-refractivity contribution >= 4 is 17.8 Å². The number of carbonyl (C=O) groups is 3. The fourth-order valence-corrected chi connectivity index (χ4v) is 2.29. The Kier molecular flexibility index (Phi) is 3.47. The topological polar surface area (TPSA) is 63.7 Å². The quantitative estimate of drug-likeness (QED) is 0.643. The van der Waals surface area contributed by atoms with E-state index in [1.807, 2.05) is 30.3 Å². The van der Waals surface area contributed by atoms with E-state index in [0.29, 0.717) is 5.56 Å². The number of amides is 2. The second kappa shape index (κ2) is 5.44. The molecule has 2 amide bonds. The fraction of sp³-hybridized carbons (Fsp3) is 0.118. The van der Waals surface area contributed by atoms with Crippen LogP contribution in [-0.4, -0.2) is 29.7 Å². The van der Waals surface area contributed by atoms with Crippen LogP contribution in [0.5, 0.6) is 0 Å². The Morgan fingerprint density at radius 1 is 1.00 bits per heavy atom. The summed E-state index contributed by atoms with van der Waals surface area (Å²) in [5.41, 5.74) is 1.68. The Balaban J connectivity index is 1.78. The summed E-state index contributed by atoms with van der Waals surface area (Å²) in [5.74, 6) is -1.29. The highest BCUT2D eigenvalue weighted by Crippen LogP contribution is 2.23. The molecule has 0 bridgehead atoms. The Morgan fingerprint density at radius 3 is 2.41 bits per heavy atom. The van der Waals surface area contributed by atoms with Crippen molar-refractivity contribution in [2.45, 2.75) is 6.61 Å². The van der Waals surface area contributed by atoms with Crippen LogP contribution in [0, 0.1) is 0 Å². The Hall–Kier alpha value is -2.95. The van der Waals surface area contributed by atoms with Crippen molar-refractivity contribution in [1.82, 2.24) is 4.90 Å². The van der Waals surface area contributed by atoms with Gasteiger partial charge in [-0.2, -0.15) is 0 Å². The van der Waals surface area contributed by atoms with Gasteiger partial charge in [0.25, 0.3) is 11.8 Å². The van der Waals surface area contributed by atoms with E-state index in [1.54, 1.807) is 0 Å². The number of fused-ring (bicyclic) bond motifs is 1. The molecule has 3 rings (SSSR count). The third kappa shape index (κ3) is 2.37. The maximum Gasteiger partial charge on any atom is 0.338 e. The molecule has 2 aromatic rings. The minimum absolute atomic E-state index is 0.156. The summed E-state index contributed by atoms with van der Waals surface area (Å²) in [5, 5.41) is 0. The average molecular weight is 295 g/mol. The normalized spacial score (nSPS) is 13.2. The monoisotopic (exact) mass is 295 g/mol. The highest BCUT2D eigenvalue weighted by atomic mass is 16.5. The average Bonchev–Trinajstić information content (AvgIpc) is 2.78. The van der Waals surface area contributed by atoms with Gasteiger partial charge in [0.1, 0.15) is 6.61 Å². The lowest BCUT2D eigenvalue weighted by molar-refractivity contribution is 0.0472. The van der Waals surface area contributed by atoms with Gasteiger partial charge in [0, 0.05) is 7.05 Å². The molecule has 0 aliphatic carbocycles. The van der Waals surface area contributed by atoms with Gasteiger partial charge in [-0.15, -0.1) is 0 Å². The van der Waals surface area contributed by atoms with Gasteiger partial charge in [0.05, 0.1) is 16.7 Å². The van der Waals surface area contributed by atoms with E-state index in [2.05, 4.69) is 0 Å². The van der Waals surface area contributed by atoms with E-state index >= 15 is 0 Å². The van der Waals surface area contributed by atoms with Crippen molar-refractivity contribution in [3.8, 4) is 0 Å². The number of rotatable bonds is 3. The molecule has 5 heteroatoms. The molecule has 1 aliphatic heterocycles. The first-order chi connectivity index (χ1) is 10.6. The molecule has 0 spiro atoms. The second-order valence-corrected chi connectivity index (χ2v) is 4.99. The zero-order valence-corrected chi connectivity index (χ0v) is 11.9. The molecule has 1 aliphatic rings. The zero-order chi connectivity index (χ0) is 15.7. The summed E-state index contributed by atoms with van der Waals surface area (Å²) in [4.78, 5) is 36.8. The van der Waals surface area contributed by atoms with Gasteiger partial charge >= 0.3 is 5.97 Å². The molecule has 0 fully saturated rings. The van der Waals surface area contributed by atoms with Crippen molar-refractivity contribution < 1.29 is 19.1 Å². The predicted molar refractivity (Wildman–Crippen MR) is 78.4 cm³/mol. The first-order valence-electron chi connectivity index (χ1n) is 6.75. The number of ether oxygens (including phenoxy) is 1. The van der Waals surface area contributed by atoms with Crippen molar-refractivity contribution in [3.63, 3.8) is 0 Å². The minimum Gasteiger partial charge on any atom is -0.457 e. The van der Waals surface area contributed by atoms with E-state index in [1.165, 1.54) is 25.2 Å². The maximum absolute atomic E-state index is 12.1. The molecule has 0 atom stereocenters. The Morgan fingerprint density at radius 2 is 1.68 bits per heavy atom. The van der Waals surface area contributed by atoms with Crippen molar-refractivity contribution in [1.29, 1.82) is 0 Å². The van der Waals surface area contributed by atoms with Crippen molar-refractivity contribution in [2.75, 3.05) is 7.05 Å². The van der Waals surface area contributed by atoms with Crippen LogP contribution in [0.25, 0.3) is 0 Å². The smallest absolute Gasteiger partial charge is 0.338 e. The van der Waals surface area contributed by atoms with Crippen LogP contribution in [0.3, 0.4) is 0 Å². The van der Waals surface area contributed by atoms with E-state index < -0.39 is 11.9 Å². The molecule has 1 heterocycles. The number of benzene rings is 2. The molecule has 5 nitrogen and oxygen atoms in total. The lowest BCUT2D eigenvalue weighted by Gasteiger charge is -2.05. The van der Waals surface area contributed by atoms with Gasteiger partial charge in [0.2, 0.25) is 0 Å². The van der Waals surface area contributed by atoms with Crippen LogP contribution < -0.4 is 0 Å². The number of hydrogen-bond donors (Lipinski definition) is 0. The van der Waals surface area contributed by atoms with Gasteiger partial charge in [0.15, 0.2) is 0 Å². The number of imide groups is 1.